The van der Waals surface area contributed by atoms with E-state index in [0.717, 1.165) is 18.4 Å². The average molecular weight is 256 g/mol. The maximum Gasteiger partial charge on any atom is 0.183 e. The first kappa shape index (κ1) is 12.0. The molecule has 1 aliphatic rings. The number of Topliss-reactive ketones (excluding diaryl/α,β-unsaturated/α-hetero) is 1. The highest BCUT2D eigenvalue weighted by atomic mass is 16.3. The van der Waals surface area contributed by atoms with E-state index in [0.29, 0.717) is 5.69 Å². The summed E-state index contributed by atoms with van der Waals surface area (Å²) in [6.07, 6.45) is 3.40. The van der Waals surface area contributed by atoms with E-state index in [1.807, 2.05) is 6.07 Å². The molecule has 1 N–H and O–H groups in total. The number of nitrogens with zero attached hydrogens (tertiary/aromatic N) is 2. The number of ketones is 1. The standard InChI is InChI=1S/C15H16N2O2/c1-9(18)13-15(19)14(17(2)16-13)12-7-6-10-4-3-5-11(10)8-12/h6-8,19H,3-5H2,1-2H3. The van der Waals surface area contributed by atoms with E-state index in [1.54, 1.807) is 11.7 Å². The predicted molar refractivity (Wildman–Crippen MR) is 72.3 cm³/mol. The largest absolute Gasteiger partial charge is 0.504 e. The molecule has 4 heteroatoms. The van der Waals surface area contributed by atoms with Gasteiger partial charge in [-0.05, 0) is 36.5 Å². The first-order valence-electron chi connectivity index (χ1n) is 6.47. The molecule has 2 aromatic rings. The predicted octanol–water partition coefficient (Wildman–Crippen LogP) is 2.48. The third kappa shape index (κ3) is 1.84. The van der Waals surface area contributed by atoms with Crippen molar-refractivity contribution in [2.75, 3.05) is 0 Å². The van der Waals surface area contributed by atoms with Crippen LogP contribution in [0.4, 0.5) is 0 Å². The van der Waals surface area contributed by atoms with E-state index in [4.69, 9.17) is 0 Å². The lowest BCUT2D eigenvalue weighted by Crippen LogP contribution is -1.97. The summed E-state index contributed by atoms with van der Waals surface area (Å²) in [4.78, 5) is 11.4. The minimum absolute atomic E-state index is 0.0204. The van der Waals surface area contributed by atoms with Crippen LogP contribution in [-0.2, 0) is 19.9 Å². The number of carbonyl (C=O) groups is 1. The first-order chi connectivity index (χ1) is 9.08. The van der Waals surface area contributed by atoms with Crippen LogP contribution in [-0.4, -0.2) is 20.7 Å². The van der Waals surface area contributed by atoms with Crippen LogP contribution in [0.25, 0.3) is 11.3 Å². The van der Waals surface area contributed by atoms with Gasteiger partial charge in [0.1, 0.15) is 5.69 Å². The quantitative estimate of drug-likeness (QED) is 0.840. The molecule has 1 aromatic heterocycles. The van der Waals surface area contributed by atoms with Crippen molar-refractivity contribution in [1.29, 1.82) is 0 Å². The van der Waals surface area contributed by atoms with Crippen LogP contribution in [0.15, 0.2) is 18.2 Å². The summed E-state index contributed by atoms with van der Waals surface area (Å²) in [6, 6.07) is 6.20. The summed E-state index contributed by atoms with van der Waals surface area (Å²) < 4.78 is 1.57. The van der Waals surface area contributed by atoms with Crippen molar-refractivity contribution in [3.05, 3.63) is 35.0 Å². The molecule has 0 saturated heterocycles. The Balaban J connectivity index is 2.14. The van der Waals surface area contributed by atoms with Gasteiger partial charge in [0.05, 0.1) is 0 Å². The monoisotopic (exact) mass is 256 g/mol. The van der Waals surface area contributed by atoms with Gasteiger partial charge in [-0.3, -0.25) is 9.48 Å². The fourth-order valence-corrected chi connectivity index (χ4v) is 2.79. The molecule has 1 heterocycles. The Morgan fingerprint density at radius 3 is 2.74 bits per heavy atom. The zero-order valence-corrected chi connectivity index (χ0v) is 11.1. The van der Waals surface area contributed by atoms with E-state index < -0.39 is 0 Å². The average Bonchev–Trinajstić information content (AvgIpc) is 2.93. The van der Waals surface area contributed by atoms with Crippen LogP contribution in [0, 0.1) is 0 Å². The van der Waals surface area contributed by atoms with Gasteiger partial charge in [-0.1, -0.05) is 12.1 Å². The van der Waals surface area contributed by atoms with Crippen LogP contribution in [0.3, 0.4) is 0 Å². The van der Waals surface area contributed by atoms with Crippen LogP contribution < -0.4 is 0 Å². The highest BCUT2D eigenvalue weighted by molar-refractivity contribution is 5.97. The van der Waals surface area contributed by atoms with Gasteiger partial charge in [-0.25, -0.2) is 0 Å². The Kier molecular flexibility index (Phi) is 2.66. The van der Waals surface area contributed by atoms with Crippen LogP contribution >= 0.6 is 0 Å². The van der Waals surface area contributed by atoms with E-state index in [9.17, 15) is 9.90 Å². The second-order valence-corrected chi connectivity index (χ2v) is 5.06. The molecule has 0 amide bonds. The van der Waals surface area contributed by atoms with Crippen molar-refractivity contribution < 1.29 is 9.90 Å². The summed E-state index contributed by atoms with van der Waals surface area (Å²) in [6.45, 7) is 1.41. The van der Waals surface area contributed by atoms with Crippen LogP contribution in [0.5, 0.6) is 5.75 Å². The van der Waals surface area contributed by atoms with Gasteiger partial charge in [0.2, 0.25) is 0 Å². The molecule has 19 heavy (non-hydrogen) atoms. The Bertz CT molecular complexity index is 671. The van der Waals surface area contributed by atoms with Crippen molar-refractivity contribution in [1.82, 2.24) is 9.78 Å². The molecular formula is C15H16N2O2. The molecule has 0 fully saturated rings. The molecular weight excluding hydrogens is 240 g/mol. The van der Waals surface area contributed by atoms with Crippen LogP contribution in [0.1, 0.15) is 35.0 Å². The smallest absolute Gasteiger partial charge is 0.183 e. The molecule has 1 aromatic carbocycles. The number of aryl methyl sites for hydroxylation is 3. The second kappa shape index (κ2) is 4.23. The molecule has 98 valence electrons. The highest BCUT2D eigenvalue weighted by Crippen LogP contribution is 2.34. The molecule has 0 unspecified atom stereocenters. The van der Waals surface area contributed by atoms with Crippen molar-refractivity contribution in [2.45, 2.75) is 26.2 Å². The van der Waals surface area contributed by atoms with E-state index in [-0.39, 0.29) is 17.2 Å². The fraction of sp³-hybridized carbons (Fsp3) is 0.333. The van der Waals surface area contributed by atoms with Gasteiger partial charge in [-0.2, -0.15) is 5.10 Å². The third-order valence-corrected chi connectivity index (χ3v) is 3.73. The van der Waals surface area contributed by atoms with Crippen LogP contribution in [0.2, 0.25) is 0 Å². The lowest BCUT2D eigenvalue weighted by atomic mass is 10.0. The zero-order valence-electron chi connectivity index (χ0n) is 11.1. The summed E-state index contributed by atoms with van der Waals surface area (Å²) in [7, 11) is 1.74. The molecule has 0 aliphatic heterocycles. The molecule has 1 aliphatic carbocycles. The summed E-state index contributed by atoms with van der Waals surface area (Å²) in [5.41, 5.74) is 4.39. The number of aromatic nitrogens is 2. The van der Waals surface area contributed by atoms with Crippen molar-refractivity contribution in [3.8, 4) is 17.0 Å². The first-order valence-corrected chi connectivity index (χ1v) is 6.47. The molecule has 0 spiro atoms. The Hall–Kier alpha value is -2.10. The lowest BCUT2D eigenvalue weighted by molar-refractivity contribution is 0.101. The van der Waals surface area contributed by atoms with Gasteiger partial charge in [0.15, 0.2) is 17.2 Å². The van der Waals surface area contributed by atoms with Gasteiger partial charge in [0.25, 0.3) is 0 Å². The molecule has 4 nitrogen and oxygen atoms in total. The number of fused-ring (bicyclic) bond motifs is 1. The second-order valence-electron chi connectivity index (χ2n) is 5.06. The van der Waals surface area contributed by atoms with Crippen molar-refractivity contribution in [2.24, 2.45) is 7.05 Å². The number of rotatable bonds is 2. The van der Waals surface area contributed by atoms with Crippen molar-refractivity contribution >= 4 is 5.78 Å². The van der Waals surface area contributed by atoms with Gasteiger partial charge < -0.3 is 5.11 Å². The molecule has 0 saturated carbocycles. The minimum Gasteiger partial charge on any atom is -0.504 e. The number of hydrogen-bond acceptors (Lipinski definition) is 3. The van der Waals surface area contributed by atoms with E-state index in [1.165, 1.54) is 24.5 Å². The molecule has 0 radical (unpaired) electrons. The summed E-state index contributed by atoms with van der Waals surface area (Å²) >= 11 is 0. The Morgan fingerprint density at radius 1 is 1.32 bits per heavy atom. The summed E-state index contributed by atoms with van der Waals surface area (Å²) in [5, 5.41) is 14.3. The molecule has 3 rings (SSSR count). The number of carbonyl (C=O) groups excluding carboxylic acids is 1. The van der Waals surface area contributed by atoms with Crippen molar-refractivity contribution in [3.63, 3.8) is 0 Å². The third-order valence-electron chi connectivity index (χ3n) is 3.73. The zero-order chi connectivity index (χ0) is 13.6. The Labute approximate surface area is 111 Å². The molecule has 0 atom stereocenters. The SMILES string of the molecule is CC(=O)c1nn(C)c(-c2ccc3c(c2)CCC3)c1O. The number of hydrogen-bond donors (Lipinski definition) is 1. The van der Waals surface area contributed by atoms with E-state index in [2.05, 4.69) is 17.2 Å². The van der Waals surface area contributed by atoms with Gasteiger partial charge in [-0.15, -0.1) is 0 Å². The topological polar surface area (TPSA) is 55.1 Å². The number of benzene rings is 1. The lowest BCUT2D eigenvalue weighted by Gasteiger charge is -2.06. The highest BCUT2D eigenvalue weighted by Gasteiger charge is 2.21. The maximum absolute atomic E-state index is 11.4. The van der Waals surface area contributed by atoms with Gasteiger partial charge in [0, 0.05) is 19.5 Å². The molecule has 0 bridgehead atoms. The van der Waals surface area contributed by atoms with Gasteiger partial charge >= 0.3 is 0 Å². The Morgan fingerprint density at radius 2 is 2.05 bits per heavy atom. The maximum atomic E-state index is 11.4. The fourth-order valence-electron chi connectivity index (χ4n) is 2.79. The van der Waals surface area contributed by atoms with E-state index >= 15 is 0 Å². The summed E-state index contributed by atoms with van der Waals surface area (Å²) in [5.74, 6) is -0.242. The normalized spacial score (nSPS) is 13.6. The number of aromatic hydroxyl groups is 1. The minimum atomic E-state index is -0.222.